The summed E-state index contributed by atoms with van der Waals surface area (Å²) in [7, 11) is 0. The first-order valence-corrected chi connectivity index (χ1v) is 4.42. The van der Waals surface area contributed by atoms with Crippen molar-refractivity contribution >= 4 is 5.69 Å². The predicted molar refractivity (Wildman–Crippen MR) is 52.4 cm³/mol. The Kier molecular flexibility index (Phi) is 3.01. The maximum Gasteiger partial charge on any atom is 0.334 e. The van der Waals surface area contributed by atoms with Crippen molar-refractivity contribution in [2.24, 2.45) is 0 Å². The highest BCUT2D eigenvalue weighted by atomic mass is 16.6. The van der Waals surface area contributed by atoms with Gasteiger partial charge in [0.05, 0.1) is 4.92 Å². The summed E-state index contributed by atoms with van der Waals surface area (Å²) in [6.45, 7) is 4.21. The summed E-state index contributed by atoms with van der Waals surface area (Å²) in [5, 5.41) is 10.5. The van der Waals surface area contributed by atoms with Gasteiger partial charge < -0.3 is 4.57 Å². The first kappa shape index (κ1) is 10.4. The summed E-state index contributed by atoms with van der Waals surface area (Å²) in [4.78, 5) is 21.4. The van der Waals surface area contributed by atoms with Gasteiger partial charge in [-0.15, -0.1) is 0 Å². The van der Waals surface area contributed by atoms with Gasteiger partial charge in [-0.3, -0.25) is 14.9 Å². The molecule has 0 radical (unpaired) electrons. The summed E-state index contributed by atoms with van der Waals surface area (Å²) in [5.74, 6) is 0. The van der Waals surface area contributed by atoms with Crippen molar-refractivity contribution in [2.45, 2.75) is 26.8 Å². The van der Waals surface area contributed by atoms with Crippen LogP contribution in [0, 0.1) is 17.0 Å². The van der Waals surface area contributed by atoms with Gasteiger partial charge in [0.25, 0.3) is 0 Å². The molecule has 0 amide bonds. The molecule has 0 bridgehead atoms. The third-order valence-electron chi connectivity index (χ3n) is 2.02. The Morgan fingerprint density at radius 3 is 2.64 bits per heavy atom. The number of pyridine rings is 1. The minimum absolute atomic E-state index is 0.357. The van der Waals surface area contributed by atoms with E-state index in [0.29, 0.717) is 6.54 Å². The molecule has 0 spiro atoms. The molecule has 0 aliphatic carbocycles. The van der Waals surface area contributed by atoms with E-state index in [0.717, 1.165) is 12.1 Å². The first-order valence-electron chi connectivity index (χ1n) is 4.42. The number of nitro groups is 1. The van der Waals surface area contributed by atoms with Crippen LogP contribution in [0.3, 0.4) is 0 Å². The lowest BCUT2D eigenvalue weighted by Crippen LogP contribution is -2.24. The molecule has 0 unspecified atom stereocenters. The highest BCUT2D eigenvalue weighted by Gasteiger charge is 2.14. The first-order chi connectivity index (χ1) is 6.57. The molecule has 0 saturated carbocycles. The summed E-state index contributed by atoms with van der Waals surface area (Å²) in [6.07, 6.45) is 0.780. The zero-order chi connectivity index (χ0) is 10.7. The van der Waals surface area contributed by atoms with Crippen molar-refractivity contribution in [2.75, 3.05) is 0 Å². The quantitative estimate of drug-likeness (QED) is 0.543. The van der Waals surface area contributed by atoms with Crippen molar-refractivity contribution in [1.29, 1.82) is 0 Å². The third-order valence-corrected chi connectivity index (χ3v) is 2.02. The SMILES string of the molecule is CCCn1c(C)ccc([N+](=O)[O-])c1=O. The second-order valence-corrected chi connectivity index (χ2v) is 3.07. The maximum atomic E-state index is 11.5. The van der Waals surface area contributed by atoms with E-state index < -0.39 is 10.5 Å². The van der Waals surface area contributed by atoms with Crippen molar-refractivity contribution in [1.82, 2.24) is 4.57 Å². The second-order valence-electron chi connectivity index (χ2n) is 3.07. The molecule has 1 aromatic heterocycles. The standard InChI is InChI=1S/C9H12N2O3/c1-3-6-10-7(2)4-5-8(9(10)12)11(13)14/h4-5H,3,6H2,1-2H3. The van der Waals surface area contributed by atoms with Crippen molar-refractivity contribution < 1.29 is 4.92 Å². The van der Waals surface area contributed by atoms with E-state index in [9.17, 15) is 14.9 Å². The second kappa shape index (κ2) is 4.04. The Bertz CT molecular complexity index is 409. The topological polar surface area (TPSA) is 65.1 Å². The number of aromatic nitrogens is 1. The summed E-state index contributed by atoms with van der Waals surface area (Å²) < 4.78 is 1.43. The fourth-order valence-corrected chi connectivity index (χ4v) is 1.30. The minimum atomic E-state index is -0.645. The van der Waals surface area contributed by atoms with Crippen LogP contribution in [0.25, 0.3) is 0 Å². The highest BCUT2D eigenvalue weighted by Crippen LogP contribution is 2.05. The number of hydrogen-bond donors (Lipinski definition) is 0. The van der Waals surface area contributed by atoms with Crippen LogP contribution in [0.1, 0.15) is 19.0 Å². The minimum Gasteiger partial charge on any atom is -0.307 e. The lowest BCUT2D eigenvalue weighted by atomic mass is 10.3. The van der Waals surface area contributed by atoms with Gasteiger partial charge in [0.2, 0.25) is 0 Å². The lowest BCUT2D eigenvalue weighted by Gasteiger charge is -2.06. The molecule has 76 valence electrons. The van der Waals surface area contributed by atoms with Crippen LogP contribution in [-0.2, 0) is 6.54 Å². The van der Waals surface area contributed by atoms with E-state index in [1.807, 2.05) is 6.92 Å². The number of rotatable bonds is 3. The third kappa shape index (κ3) is 1.81. The molecule has 14 heavy (non-hydrogen) atoms. The molecule has 0 N–H and O–H groups in total. The molecule has 5 nitrogen and oxygen atoms in total. The molecule has 0 atom stereocenters. The van der Waals surface area contributed by atoms with Gasteiger partial charge in [-0.25, -0.2) is 0 Å². The molecular weight excluding hydrogens is 184 g/mol. The molecule has 5 heteroatoms. The van der Waals surface area contributed by atoms with Crippen LogP contribution in [0.5, 0.6) is 0 Å². The Balaban J connectivity index is 3.34. The number of hydrogen-bond acceptors (Lipinski definition) is 3. The monoisotopic (exact) mass is 196 g/mol. The van der Waals surface area contributed by atoms with Gasteiger partial charge in [-0.2, -0.15) is 0 Å². The Hall–Kier alpha value is -1.65. The van der Waals surface area contributed by atoms with Crippen LogP contribution in [0.15, 0.2) is 16.9 Å². The molecule has 0 aliphatic rings. The molecule has 0 fully saturated rings. The van der Waals surface area contributed by atoms with Crippen LogP contribution < -0.4 is 5.56 Å². The van der Waals surface area contributed by atoms with Gasteiger partial charge >= 0.3 is 11.2 Å². The smallest absolute Gasteiger partial charge is 0.307 e. The van der Waals surface area contributed by atoms with Crippen molar-refractivity contribution in [3.05, 3.63) is 38.3 Å². The van der Waals surface area contributed by atoms with E-state index >= 15 is 0 Å². The number of aryl methyl sites for hydroxylation is 1. The van der Waals surface area contributed by atoms with Gasteiger partial charge in [-0.05, 0) is 19.4 Å². The van der Waals surface area contributed by atoms with E-state index in [4.69, 9.17) is 0 Å². The van der Waals surface area contributed by atoms with Crippen LogP contribution in [0.4, 0.5) is 5.69 Å². The van der Waals surface area contributed by atoms with E-state index in [-0.39, 0.29) is 5.69 Å². The Labute approximate surface area is 81.1 Å². The average Bonchev–Trinajstić information content (AvgIpc) is 2.11. The predicted octanol–water partition coefficient (Wildman–Crippen LogP) is 1.47. The largest absolute Gasteiger partial charge is 0.334 e. The number of nitrogens with zero attached hydrogens (tertiary/aromatic N) is 2. The molecule has 1 rings (SSSR count). The molecule has 1 heterocycles. The summed E-state index contributed by atoms with van der Waals surface area (Å²) in [6, 6.07) is 2.85. The summed E-state index contributed by atoms with van der Waals surface area (Å²) >= 11 is 0. The zero-order valence-electron chi connectivity index (χ0n) is 8.19. The summed E-state index contributed by atoms with van der Waals surface area (Å²) in [5.41, 5.74) is -0.122. The molecule has 0 aliphatic heterocycles. The van der Waals surface area contributed by atoms with Gasteiger partial charge in [0, 0.05) is 18.3 Å². The average molecular weight is 196 g/mol. The Morgan fingerprint density at radius 2 is 2.14 bits per heavy atom. The molecule has 0 saturated heterocycles. The van der Waals surface area contributed by atoms with Crippen molar-refractivity contribution in [3.8, 4) is 0 Å². The van der Waals surface area contributed by atoms with Gasteiger partial charge in [0.15, 0.2) is 0 Å². The van der Waals surface area contributed by atoms with Crippen molar-refractivity contribution in [3.63, 3.8) is 0 Å². The van der Waals surface area contributed by atoms with E-state index in [1.165, 1.54) is 10.6 Å². The van der Waals surface area contributed by atoms with Crippen LogP contribution in [-0.4, -0.2) is 9.49 Å². The van der Waals surface area contributed by atoms with Gasteiger partial charge in [-0.1, -0.05) is 6.92 Å². The van der Waals surface area contributed by atoms with E-state index in [1.54, 1.807) is 13.0 Å². The van der Waals surface area contributed by atoms with Gasteiger partial charge in [0.1, 0.15) is 0 Å². The highest BCUT2D eigenvalue weighted by molar-refractivity contribution is 5.27. The van der Waals surface area contributed by atoms with Crippen LogP contribution >= 0.6 is 0 Å². The lowest BCUT2D eigenvalue weighted by molar-refractivity contribution is -0.386. The molecule has 1 aromatic rings. The normalized spacial score (nSPS) is 10.1. The maximum absolute atomic E-state index is 11.5. The van der Waals surface area contributed by atoms with E-state index in [2.05, 4.69) is 0 Å². The zero-order valence-corrected chi connectivity index (χ0v) is 8.19. The fraction of sp³-hybridized carbons (Fsp3) is 0.444. The molecular formula is C9H12N2O3. The molecule has 0 aromatic carbocycles. The fourth-order valence-electron chi connectivity index (χ4n) is 1.30. The van der Waals surface area contributed by atoms with Crippen LogP contribution in [0.2, 0.25) is 0 Å². The Morgan fingerprint density at radius 1 is 1.50 bits per heavy atom.